The molecule has 0 aliphatic rings. The van der Waals surface area contributed by atoms with E-state index in [0.29, 0.717) is 19.0 Å². The normalized spacial score (nSPS) is 11.9. The third-order valence-corrected chi connectivity index (χ3v) is 2.76. The molecule has 21 heavy (non-hydrogen) atoms. The predicted octanol–water partition coefficient (Wildman–Crippen LogP) is 2.81. The molecular weight excluding hydrogens is 268 g/mol. The van der Waals surface area contributed by atoms with E-state index in [0.717, 1.165) is 11.4 Å². The molecule has 0 aromatic heterocycles. The Bertz CT molecular complexity index is 461. The minimum atomic E-state index is -0.358. The summed E-state index contributed by atoms with van der Waals surface area (Å²) in [7, 11) is 0. The number of hydrogen-bond acceptors (Lipinski definition) is 4. The lowest BCUT2D eigenvalue weighted by molar-refractivity contribution is -0.122. The molecule has 1 aromatic rings. The number of anilines is 1. The Morgan fingerprint density at radius 1 is 1.14 bits per heavy atom. The van der Waals surface area contributed by atoms with Crippen molar-refractivity contribution in [3.05, 3.63) is 18.2 Å². The van der Waals surface area contributed by atoms with Gasteiger partial charge in [0.25, 0.3) is 0 Å². The molecule has 1 amide bonds. The highest BCUT2D eigenvalue weighted by Crippen LogP contribution is 2.30. The summed E-state index contributed by atoms with van der Waals surface area (Å²) < 4.78 is 11.1. The first-order valence-corrected chi connectivity index (χ1v) is 7.44. The maximum atomic E-state index is 12.0. The maximum Gasteiger partial charge on any atom is 0.242 e. The van der Waals surface area contributed by atoms with Crippen LogP contribution in [-0.2, 0) is 4.79 Å². The molecule has 1 aromatic carbocycles. The molecule has 0 aliphatic heterocycles. The molecule has 0 radical (unpaired) electrons. The second-order valence-electron chi connectivity index (χ2n) is 5.05. The van der Waals surface area contributed by atoms with Gasteiger partial charge in [-0.05, 0) is 46.8 Å². The topological polar surface area (TPSA) is 59.6 Å². The lowest BCUT2D eigenvalue weighted by Crippen LogP contribution is -2.41. The summed E-state index contributed by atoms with van der Waals surface area (Å²) in [6.45, 7) is 10.7. The third kappa shape index (κ3) is 5.53. The lowest BCUT2D eigenvalue weighted by atomic mass is 10.2. The van der Waals surface area contributed by atoms with Crippen molar-refractivity contribution >= 4 is 11.6 Å². The smallest absolute Gasteiger partial charge is 0.242 e. The fraction of sp³-hybridized carbons (Fsp3) is 0.562. The number of amides is 1. The van der Waals surface area contributed by atoms with E-state index < -0.39 is 0 Å². The Morgan fingerprint density at radius 2 is 1.81 bits per heavy atom. The van der Waals surface area contributed by atoms with Crippen LogP contribution in [0.4, 0.5) is 5.69 Å². The second-order valence-corrected chi connectivity index (χ2v) is 5.05. The molecule has 118 valence electrons. The average molecular weight is 294 g/mol. The van der Waals surface area contributed by atoms with Gasteiger partial charge in [0.2, 0.25) is 5.91 Å². The van der Waals surface area contributed by atoms with E-state index >= 15 is 0 Å². The lowest BCUT2D eigenvalue weighted by Gasteiger charge is -2.19. The first-order chi connectivity index (χ1) is 9.97. The first-order valence-electron chi connectivity index (χ1n) is 7.44. The van der Waals surface area contributed by atoms with E-state index in [1.807, 2.05) is 52.8 Å². The molecule has 1 rings (SSSR count). The van der Waals surface area contributed by atoms with Gasteiger partial charge in [-0.15, -0.1) is 0 Å². The van der Waals surface area contributed by atoms with Gasteiger partial charge in [0.15, 0.2) is 0 Å². The standard InChI is InChI=1S/C16H26N2O3/c1-6-20-13-8-9-15(21-7-2)14(10-13)18-12(5)16(19)17-11(3)4/h8-12,18H,6-7H2,1-5H3,(H,17,19). The van der Waals surface area contributed by atoms with Crippen molar-refractivity contribution in [2.45, 2.75) is 46.7 Å². The van der Waals surface area contributed by atoms with Gasteiger partial charge in [-0.1, -0.05) is 0 Å². The molecule has 0 bridgehead atoms. The fourth-order valence-electron chi connectivity index (χ4n) is 1.87. The summed E-state index contributed by atoms with van der Waals surface area (Å²) >= 11 is 0. The van der Waals surface area contributed by atoms with Crippen molar-refractivity contribution in [2.24, 2.45) is 0 Å². The Hall–Kier alpha value is -1.91. The summed E-state index contributed by atoms with van der Waals surface area (Å²) in [4.78, 5) is 12.0. The van der Waals surface area contributed by atoms with Crippen LogP contribution in [0.15, 0.2) is 18.2 Å². The molecule has 0 saturated heterocycles. The molecule has 0 heterocycles. The third-order valence-electron chi connectivity index (χ3n) is 2.76. The predicted molar refractivity (Wildman–Crippen MR) is 85.1 cm³/mol. The van der Waals surface area contributed by atoms with Gasteiger partial charge < -0.3 is 20.1 Å². The van der Waals surface area contributed by atoms with Gasteiger partial charge in [-0.3, -0.25) is 4.79 Å². The van der Waals surface area contributed by atoms with E-state index in [1.54, 1.807) is 0 Å². The SMILES string of the molecule is CCOc1ccc(OCC)c(NC(C)C(=O)NC(C)C)c1. The number of rotatable bonds is 8. The number of carbonyl (C=O) groups is 1. The van der Waals surface area contributed by atoms with Crippen LogP contribution in [0, 0.1) is 0 Å². The van der Waals surface area contributed by atoms with Crippen LogP contribution in [0.2, 0.25) is 0 Å². The van der Waals surface area contributed by atoms with Crippen molar-refractivity contribution < 1.29 is 14.3 Å². The van der Waals surface area contributed by atoms with Crippen molar-refractivity contribution in [3.63, 3.8) is 0 Å². The number of nitrogens with one attached hydrogen (secondary N) is 2. The molecule has 0 fully saturated rings. The van der Waals surface area contributed by atoms with Gasteiger partial charge >= 0.3 is 0 Å². The number of ether oxygens (including phenoxy) is 2. The van der Waals surface area contributed by atoms with E-state index in [-0.39, 0.29) is 18.0 Å². The second kappa shape index (κ2) is 8.39. The largest absolute Gasteiger partial charge is 0.494 e. The Labute approximate surface area is 127 Å². The van der Waals surface area contributed by atoms with E-state index in [9.17, 15) is 4.79 Å². The zero-order chi connectivity index (χ0) is 15.8. The Kier molecular flexibility index (Phi) is 6.85. The maximum absolute atomic E-state index is 12.0. The number of benzene rings is 1. The summed E-state index contributed by atoms with van der Waals surface area (Å²) in [5.41, 5.74) is 0.759. The van der Waals surface area contributed by atoms with Crippen LogP contribution in [0.3, 0.4) is 0 Å². The van der Waals surface area contributed by atoms with Gasteiger partial charge in [0.1, 0.15) is 17.5 Å². The Morgan fingerprint density at radius 3 is 2.38 bits per heavy atom. The zero-order valence-electron chi connectivity index (χ0n) is 13.5. The van der Waals surface area contributed by atoms with Crippen molar-refractivity contribution in [1.82, 2.24) is 5.32 Å². The molecule has 0 spiro atoms. The zero-order valence-corrected chi connectivity index (χ0v) is 13.5. The molecule has 0 saturated carbocycles. The molecular formula is C16H26N2O3. The van der Waals surface area contributed by atoms with E-state index in [4.69, 9.17) is 9.47 Å². The quantitative estimate of drug-likeness (QED) is 0.774. The minimum Gasteiger partial charge on any atom is -0.494 e. The molecule has 0 aliphatic carbocycles. The van der Waals surface area contributed by atoms with E-state index in [2.05, 4.69) is 10.6 Å². The highest BCUT2D eigenvalue weighted by atomic mass is 16.5. The molecule has 2 N–H and O–H groups in total. The average Bonchev–Trinajstić information content (AvgIpc) is 2.41. The highest BCUT2D eigenvalue weighted by Gasteiger charge is 2.16. The highest BCUT2D eigenvalue weighted by molar-refractivity contribution is 5.85. The van der Waals surface area contributed by atoms with E-state index in [1.165, 1.54) is 0 Å². The van der Waals surface area contributed by atoms with Crippen molar-refractivity contribution in [1.29, 1.82) is 0 Å². The van der Waals surface area contributed by atoms with Gasteiger partial charge in [0, 0.05) is 12.1 Å². The van der Waals surface area contributed by atoms with Crippen LogP contribution in [0.25, 0.3) is 0 Å². The number of hydrogen-bond donors (Lipinski definition) is 2. The summed E-state index contributed by atoms with van der Waals surface area (Å²) in [5.74, 6) is 1.42. The Balaban J connectivity index is 2.87. The molecule has 1 unspecified atom stereocenters. The molecule has 5 heteroatoms. The number of carbonyl (C=O) groups excluding carboxylic acids is 1. The molecule has 5 nitrogen and oxygen atoms in total. The van der Waals surface area contributed by atoms with Crippen LogP contribution in [0.5, 0.6) is 11.5 Å². The van der Waals surface area contributed by atoms with Crippen LogP contribution >= 0.6 is 0 Å². The fourth-order valence-corrected chi connectivity index (χ4v) is 1.87. The van der Waals surface area contributed by atoms with Gasteiger partial charge in [-0.25, -0.2) is 0 Å². The summed E-state index contributed by atoms with van der Waals surface area (Å²) in [6.07, 6.45) is 0. The van der Waals surface area contributed by atoms with Gasteiger partial charge in [-0.2, -0.15) is 0 Å². The van der Waals surface area contributed by atoms with Crippen LogP contribution < -0.4 is 20.1 Å². The summed E-state index contributed by atoms with van der Waals surface area (Å²) in [6, 6.07) is 5.32. The van der Waals surface area contributed by atoms with Crippen LogP contribution in [0.1, 0.15) is 34.6 Å². The minimum absolute atomic E-state index is 0.0470. The molecule has 1 atom stereocenters. The van der Waals surface area contributed by atoms with Crippen molar-refractivity contribution in [2.75, 3.05) is 18.5 Å². The van der Waals surface area contributed by atoms with Crippen molar-refractivity contribution in [3.8, 4) is 11.5 Å². The summed E-state index contributed by atoms with van der Waals surface area (Å²) in [5, 5.41) is 6.06. The van der Waals surface area contributed by atoms with Gasteiger partial charge in [0.05, 0.1) is 18.9 Å². The monoisotopic (exact) mass is 294 g/mol. The first kappa shape index (κ1) is 17.1. The van der Waals surface area contributed by atoms with Crippen LogP contribution in [-0.4, -0.2) is 31.2 Å².